The largest absolute Gasteiger partial charge is 0.345 e. The average molecular weight is 367 g/mol. The van der Waals surface area contributed by atoms with Gasteiger partial charge in [-0.3, -0.25) is 4.79 Å². The molecule has 1 N–H and O–H groups in total. The van der Waals surface area contributed by atoms with Crippen molar-refractivity contribution in [3.63, 3.8) is 0 Å². The van der Waals surface area contributed by atoms with Gasteiger partial charge in [0.05, 0.1) is 23.9 Å². The number of H-pyrrole nitrogens is 1. The Labute approximate surface area is 158 Å². The van der Waals surface area contributed by atoms with Gasteiger partial charge in [0, 0.05) is 31.6 Å². The number of amides is 1. The number of carbonyl (C=O) groups is 1. The average Bonchev–Trinajstić information content (AvgIpc) is 3.27. The van der Waals surface area contributed by atoms with Crippen molar-refractivity contribution in [1.82, 2.24) is 34.5 Å². The molecular weight excluding hydrogens is 342 g/mol. The van der Waals surface area contributed by atoms with Crippen molar-refractivity contribution in [2.75, 3.05) is 27.2 Å². The zero-order valence-corrected chi connectivity index (χ0v) is 16.0. The molecule has 1 aliphatic rings. The summed E-state index contributed by atoms with van der Waals surface area (Å²) in [6, 6.07) is 5.62. The molecule has 0 unspecified atom stereocenters. The van der Waals surface area contributed by atoms with Gasteiger partial charge in [0.1, 0.15) is 11.6 Å². The van der Waals surface area contributed by atoms with Gasteiger partial charge in [-0.1, -0.05) is 0 Å². The summed E-state index contributed by atoms with van der Waals surface area (Å²) in [5, 5.41) is 8.77. The van der Waals surface area contributed by atoms with Crippen LogP contribution in [0.25, 0.3) is 11.0 Å². The number of carbonyl (C=O) groups excluding carboxylic acids is 1. The number of nitrogens with one attached hydrogen (secondary N) is 1. The first-order valence-corrected chi connectivity index (χ1v) is 9.28. The normalized spacial score (nSPS) is 17.8. The molecule has 27 heavy (non-hydrogen) atoms. The van der Waals surface area contributed by atoms with E-state index in [1.807, 2.05) is 44.2 Å². The molecule has 1 aromatic carbocycles. The third-order valence-electron chi connectivity index (χ3n) is 5.20. The van der Waals surface area contributed by atoms with E-state index in [2.05, 4.69) is 29.6 Å². The van der Waals surface area contributed by atoms with E-state index in [1.165, 1.54) is 0 Å². The zero-order valence-electron chi connectivity index (χ0n) is 16.0. The van der Waals surface area contributed by atoms with Gasteiger partial charge < -0.3 is 19.4 Å². The molecule has 1 aliphatic heterocycles. The predicted molar refractivity (Wildman–Crippen MR) is 102 cm³/mol. The summed E-state index contributed by atoms with van der Waals surface area (Å²) in [6.07, 6.45) is 3.64. The molecule has 3 heterocycles. The molecule has 0 aliphatic carbocycles. The first-order valence-electron chi connectivity index (χ1n) is 9.28. The summed E-state index contributed by atoms with van der Waals surface area (Å²) in [4.78, 5) is 24.3. The summed E-state index contributed by atoms with van der Waals surface area (Å²) < 4.78 is 2.08. The molecule has 8 heteroatoms. The van der Waals surface area contributed by atoms with Crippen LogP contribution < -0.4 is 0 Å². The minimum Gasteiger partial charge on any atom is -0.345 e. The fraction of sp³-hybridized carbons (Fsp3) is 0.474. The van der Waals surface area contributed by atoms with E-state index in [0.717, 1.165) is 48.6 Å². The molecule has 0 bridgehead atoms. The molecule has 1 saturated heterocycles. The van der Waals surface area contributed by atoms with Gasteiger partial charge in [-0.15, -0.1) is 10.2 Å². The highest BCUT2D eigenvalue weighted by molar-refractivity contribution is 5.97. The van der Waals surface area contributed by atoms with Crippen LogP contribution in [0.15, 0.2) is 24.5 Å². The van der Waals surface area contributed by atoms with E-state index in [4.69, 9.17) is 0 Å². The number of hydrogen-bond donors (Lipinski definition) is 1. The quantitative estimate of drug-likeness (QED) is 0.760. The molecule has 0 spiro atoms. The van der Waals surface area contributed by atoms with Gasteiger partial charge in [-0.25, -0.2) is 4.98 Å². The Kier molecular flexibility index (Phi) is 4.65. The van der Waals surface area contributed by atoms with Crippen molar-refractivity contribution >= 4 is 16.9 Å². The van der Waals surface area contributed by atoms with E-state index < -0.39 is 0 Å². The molecule has 4 rings (SSSR count). The number of imidazole rings is 1. The number of nitrogens with zero attached hydrogens (tertiary/aromatic N) is 6. The third kappa shape index (κ3) is 3.44. The Balaban J connectivity index is 1.52. The Morgan fingerprint density at radius 2 is 2.19 bits per heavy atom. The number of fused-ring (bicyclic) bond motifs is 1. The number of rotatable bonds is 4. The molecule has 2 aromatic heterocycles. The second kappa shape index (κ2) is 7.11. The lowest BCUT2D eigenvalue weighted by Gasteiger charge is -2.32. The molecule has 3 aromatic rings. The SMILES string of the molecule is CN(C)Cc1nnc([C@H]2CCCN(C(=O)c3ccc4nc[nH]c4c3)C2)n1C. The number of aromatic nitrogens is 5. The Bertz CT molecular complexity index is 958. The van der Waals surface area contributed by atoms with Crippen LogP contribution in [-0.4, -0.2) is 67.6 Å². The van der Waals surface area contributed by atoms with Crippen molar-refractivity contribution in [3.05, 3.63) is 41.7 Å². The van der Waals surface area contributed by atoms with E-state index >= 15 is 0 Å². The highest BCUT2D eigenvalue weighted by Crippen LogP contribution is 2.27. The van der Waals surface area contributed by atoms with Gasteiger partial charge in [0.2, 0.25) is 0 Å². The van der Waals surface area contributed by atoms with Crippen molar-refractivity contribution in [1.29, 1.82) is 0 Å². The molecule has 1 fully saturated rings. The first kappa shape index (κ1) is 17.7. The smallest absolute Gasteiger partial charge is 0.253 e. The Hall–Kier alpha value is -2.74. The molecule has 1 atom stereocenters. The summed E-state index contributed by atoms with van der Waals surface area (Å²) in [5.41, 5.74) is 2.45. The second-order valence-corrected chi connectivity index (χ2v) is 7.50. The summed E-state index contributed by atoms with van der Waals surface area (Å²) >= 11 is 0. The van der Waals surface area contributed by atoms with E-state index in [-0.39, 0.29) is 11.8 Å². The van der Waals surface area contributed by atoms with Crippen LogP contribution in [0, 0.1) is 0 Å². The number of piperidine rings is 1. The van der Waals surface area contributed by atoms with Gasteiger partial charge in [0.25, 0.3) is 5.91 Å². The summed E-state index contributed by atoms with van der Waals surface area (Å²) in [6.45, 7) is 2.20. The molecule has 1 amide bonds. The standard InChI is InChI=1S/C19H25N7O/c1-24(2)11-17-22-23-18(25(17)3)14-5-4-8-26(10-14)19(27)13-6-7-15-16(9-13)21-12-20-15/h6-7,9,12,14H,4-5,8,10-11H2,1-3H3,(H,20,21)/t14-/m0/s1. The van der Waals surface area contributed by atoms with Crippen LogP contribution in [0.1, 0.15) is 40.8 Å². The number of aromatic amines is 1. The van der Waals surface area contributed by atoms with Gasteiger partial charge in [-0.2, -0.15) is 0 Å². The highest BCUT2D eigenvalue weighted by atomic mass is 16.2. The maximum absolute atomic E-state index is 13.0. The van der Waals surface area contributed by atoms with Crippen LogP contribution in [0.5, 0.6) is 0 Å². The fourth-order valence-electron chi connectivity index (χ4n) is 3.77. The van der Waals surface area contributed by atoms with Crippen LogP contribution in [0.2, 0.25) is 0 Å². The fourth-order valence-corrected chi connectivity index (χ4v) is 3.77. The minimum atomic E-state index is 0.0619. The number of benzene rings is 1. The lowest BCUT2D eigenvalue weighted by molar-refractivity contribution is 0.0703. The Morgan fingerprint density at radius 3 is 3.00 bits per heavy atom. The monoisotopic (exact) mass is 367 g/mol. The van der Waals surface area contributed by atoms with Crippen LogP contribution in [-0.2, 0) is 13.6 Å². The van der Waals surface area contributed by atoms with E-state index in [0.29, 0.717) is 12.1 Å². The summed E-state index contributed by atoms with van der Waals surface area (Å²) in [7, 11) is 6.05. The lowest BCUT2D eigenvalue weighted by Crippen LogP contribution is -2.39. The van der Waals surface area contributed by atoms with Gasteiger partial charge in [0.15, 0.2) is 0 Å². The van der Waals surface area contributed by atoms with Crippen molar-refractivity contribution in [3.8, 4) is 0 Å². The first-order chi connectivity index (χ1) is 13.0. The maximum atomic E-state index is 13.0. The molecule has 0 saturated carbocycles. The van der Waals surface area contributed by atoms with Crippen molar-refractivity contribution in [2.45, 2.75) is 25.3 Å². The second-order valence-electron chi connectivity index (χ2n) is 7.50. The zero-order chi connectivity index (χ0) is 19.0. The predicted octanol–water partition coefficient (Wildman–Crippen LogP) is 1.77. The molecule has 0 radical (unpaired) electrons. The van der Waals surface area contributed by atoms with Gasteiger partial charge >= 0.3 is 0 Å². The molecular formula is C19H25N7O. The molecule has 8 nitrogen and oxygen atoms in total. The van der Waals surface area contributed by atoms with Crippen molar-refractivity contribution < 1.29 is 4.79 Å². The Morgan fingerprint density at radius 1 is 1.33 bits per heavy atom. The van der Waals surface area contributed by atoms with Crippen LogP contribution >= 0.6 is 0 Å². The van der Waals surface area contributed by atoms with E-state index in [9.17, 15) is 4.79 Å². The van der Waals surface area contributed by atoms with Crippen LogP contribution in [0.4, 0.5) is 0 Å². The van der Waals surface area contributed by atoms with Crippen LogP contribution in [0.3, 0.4) is 0 Å². The third-order valence-corrected chi connectivity index (χ3v) is 5.20. The lowest BCUT2D eigenvalue weighted by atomic mass is 9.96. The topological polar surface area (TPSA) is 82.9 Å². The maximum Gasteiger partial charge on any atom is 0.253 e. The van der Waals surface area contributed by atoms with Crippen molar-refractivity contribution in [2.24, 2.45) is 7.05 Å². The molecule has 142 valence electrons. The van der Waals surface area contributed by atoms with Gasteiger partial charge in [-0.05, 0) is 45.1 Å². The minimum absolute atomic E-state index is 0.0619. The summed E-state index contributed by atoms with van der Waals surface area (Å²) in [5.74, 6) is 2.19. The highest BCUT2D eigenvalue weighted by Gasteiger charge is 2.29. The number of hydrogen-bond acceptors (Lipinski definition) is 5. The number of likely N-dealkylation sites (tertiary alicyclic amines) is 1. The van der Waals surface area contributed by atoms with E-state index in [1.54, 1.807) is 6.33 Å².